The van der Waals surface area contributed by atoms with Crippen LogP contribution < -0.4 is 10.1 Å². The maximum atomic E-state index is 5.71. The van der Waals surface area contributed by atoms with Crippen molar-refractivity contribution in [3.05, 3.63) is 47.9 Å². The molecule has 0 saturated heterocycles. The second kappa shape index (κ2) is 6.12. The summed E-state index contributed by atoms with van der Waals surface area (Å²) < 4.78 is 5.71. The van der Waals surface area contributed by atoms with Gasteiger partial charge in [-0.1, -0.05) is 6.92 Å². The Balaban J connectivity index is 2.24. The van der Waals surface area contributed by atoms with Crippen LogP contribution in [0.5, 0.6) is 11.6 Å². The molecule has 0 bridgehead atoms. The third kappa shape index (κ3) is 3.28. The monoisotopic (exact) mass is 243 g/mol. The molecule has 18 heavy (non-hydrogen) atoms. The summed E-state index contributed by atoms with van der Waals surface area (Å²) in [4.78, 5) is 8.47. The minimum Gasteiger partial charge on any atom is -0.437 e. The highest BCUT2D eigenvalue weighted by Gasteiger charge is 2.04. The molecule has 0 spiro atoms. The Hall–Kier alpha value is -1.94. The van der Waals surface area contributed by atoms with Crippen LogP contribution in [-0.4, -0.2) is 17.0 Å². The summed E-state index contributed by atoms with van der Waals surface area (Å²) in [7, 11) is 1.92. The molecule has 0 radical (unpaired) electrons. The Morgan fingerprint density at radius 3 is 2.89 bits per heavy atom. The third-order valence-corrected chi connectivity index (χ3v) is 2.51. The molecule has 2 heterocycles. The van der Waals surface area contributed by atoms with E-state index in [1.54, 1.807) is 12.4 Å². The van der Waals surface area contributed by atoms with Gasteiger partial charge in [-0.2, -0.15) is 0 Å². The predicted octanol–water partition coefficient (Wildman–Crippen LogP) is 2.55. The predicted molar refractivity (Wildman–Crippen MR) is 70.7 cm³/mol. The normalized spacial score (nSPS) is 10.3. The van der Waals surface area contributed by atoms with Crippen LogP contribution in [0.4, 0.5) is 0 Å². The maximum absolute atomic E-state index is 5.71. The number of rotatable bonds is 5. The summed E-state index contributed by atoms with van der Waals surface area (Å²) in [5, 5.41) is 3.13. The second-order valence-corrected chi connectivity index (χ2v) is 3.98. The van der Waals surface area contributed by atoms with E-state index in [4.69, 9.17) is 4.74 Å². The summed E-state index contributed by atoms with van der Waals surface area (Å²) in [5.41, 5.74) is 2.20. The van der Waals surface area contributed by atoms with Gasteiger partial charge in [-0.25, -0.2) is 4.98 Å². The number of pyridine rings is 2. The molecule has 0 atom stereocenters. The standard InChI is InChI=1S/C14H17N3O/c1-3-12-7-11(9-15-2)8-14(17-12)18-13-5-4-6-16-10-13/h4-8,10,15H,3,9H2,1-2H3. The van der Waals surface area contributed by atoms with Crippen LogP contribution in [0.2, 0.25) is 0 Å². The molecule has 2 aromatic heterocycles. The van der Waals surface area contributed by atoms with Crippen molar-refractivity contribution in [1.82, 2.24) is 15.3 Å². The quantitative estimate of drug-likeness (QED) is 0.876. The lowest BCUT2D eigenvalue weighted by molar-refractivity contribution is 0.457. The lowest BCUT2D eigenvalue weighted by atomic mass is 10.2. The first-order valence-electron chi connectivity index (χ1n) is 6.04. The molecule has 4 heteroatoms. The third-order valence-electron chi connectivity index (χ3n) is 2.51. The summed E-state index contributed by atoms with van der Waals surface area (Å²) in [6, 6.07) is 7.74. The van der Waals surface area contributed by atoms with E-state index in [2.05, 4.69) is 28.3 Å². The number of ether oxygens (including phenoxy) is 1. The van der Waals surface area contributed by atoms with Crippen molar-refractivity contribution in [3.63, 3.8) is 0 Å². The van der Waals surface area contributed by atoms with E-state index in [0.29, 0.717) is 11.6 Å². The summed E-state index contributed by atoms with van der Waals surface area (Å²) in [6.45, 7) is 2.89. The molecule has 1 N–H and O–H groups in total. The van der Waals surface area contributed by atoms with Gasteiger partial charge in [-0.05, 0) is 37.2 Å². The SMILES string of the molecule is CCc1cc(CNC)cc(Oc2cccnc2)n1. The molecular weight excluding hydrogens is 226 g/mol. The topological polar surface area (TPSA) is 47.0 Å². The molecular formula is C14H17N3O. The van der Waals surface area contributed by atoms with Crippen molar-refractivity contribution in [2.24, 2.45) is 0 Å². The van der Waals surface area contributed by atoms with Crippen LogP contribution >= 0.6 is 0 Å². The molecule has 0 saturated carbocycles. The maximum Gasteiger partial charge on any atom is 0.219 e. The van der Waals surface area contributed by atoms with Crippen LogP contribution in [0.25, 0.3) is 0 Å². The van der Waals surface area contributed by atoms with Crippen molar-refractivity contribution in [3.8, 4) is 11.6 Å². The van der Waals surface area contributed by atoms with Crippen molar-refractivity contribution in [2.75, 3.05) is 7.05 Å². The van der Waals surface area contributed by atoms with Gasteiger partial charge in [0.05, 0.1) is 6.20 Å². The Bertz CT molecular complexity index is 500. The van der Waals surface area contributed by atoms with E-state index < -0.39 is 0 Å². The molecule has 0 aromatic carbocycles. The average Bonchev–Trinajstić information content (AvgIpc) is 2.40. The smallest absolute Gasteiger partial charge is 0.219 e. The minimum atomic E-state index is 0.618. The Kier molecular flexibility index (Phi) is 4.25. The first-order valence-corrected chi connectivity index (χ1v) is 6.04. The fraction of sp³-hybridized carbons (Fsp3) is 0.286. The Morgan fingerprint density at radius 2 is 2.22 bits per heavy atom. The van der Waals surface area contributed by atoms with Crippen molar-refractivity contribution in [1.29, 1.82) is 0 Å². The zero-order valence-corrected chi connectivity index (χ0v) is 10.7. The van der Waals surface area contributed by atoms with Crippen LogP contribution in [0.1, 0.15) is 18.2 Å². The van der Waals surface area contributed by atoms with Gasteiger partial charge in [-0.15, -0.1) is 0 Å². The highest BCUT2D eigenvalue weighted by Crippen LogP contribution is 2.20. The van der Waals surface area contributed by atoms with E-state index in [-0.39, 0.29) is 0 Å². The van der Waals surface area contributed by atoms with Gasteiger partial charge in [0.25, 0.3) is 0 Å². The van der Waals surface area contributed by atoms with E-state index in [9.17, 15) is 0 Å². The molecule has 0 aliphatic carbocycles. The van der Waals surface area contributed by atoms with Crippen LogP contribution in [0.15, 0.2) is 36.7 Å². The number of hydrogen-bond acceptors (Lipinski definition) is 4. The number of nitrogens with one attached hydrogen (secondary N) is 1. The van der Waals surface area contributed by atoms with Gasteiger partial charge in [-0.3, -0.25) is 4.98 Å². The molecule has 0 aliphatic heterocycles. The van der Waals surface area contributed by atoms with Gasteiger partial charge < -0.3 is 10.1 Å². The van der Waals surface area contributed by atoms with Crippen LogP contribution in [-0.2, 0) is 13.0 Å². The Labute approximate surface area is 107 Å². The molecule has 0 unspecified atom stereocenters. The molecule has 0 aliphatic rings. The fourth-order valence-corrected chi connectivity index (χ4v) is 1.69. The molecule has 0 amide bonds. The van der Waals surface area contributed by atoms with Gasteiger partial charge in [0, 0.05) is 24.5 Å². The molecule has 2 aromatic rings. The largest absolute Gasteiger partial charge is 0.437 e. The number of aromatic nitrogens is 2. The Morgan fingerprint density at radius 1 is 1.33 bits per heavy atom. The number of hydrogen-bond donors (Lipinski definition) is 1. The van der Waals surface area contributed by atoms with Gasteiger partial charge in [0.15, 0.2) is 0 Å². The zero-order chi connectivity index (χ0) is 12.8. The highest BCUT2D eigenvalue weighted by molar-refractivity contribution is 5.29. The van der Waals surface area contributed by atoms with E-state index in [1.165, 1.54) is 5.56 Å². The number of nitrogens with zero attached hydrogens (tertiary/aromatic N) is 2. The van der Waals surface area contributed by atoms with Crippen LogP contribution in [0.3, 0.4) is 0 Å². The molecule has 2 rings (SSSR count). The fourth-order valence-electron chi connectivity index (χ4n) is 1.69. The van der Waals surface area contributed by atoms with E-state index in [0.717, 1.165) is 18.7 Å². The van der Waals surface area contributed by atoms with Crippen molar-refractivity contribution >= 4 is 0 Å². The molecule has 94 valence electrons. The lowest BCUT2D eigenvalue weighted by Crippen LogP contribution is -2.06. The number of aryl methyl sites for hydroxylation is 1. The van der Waals surface area contributed by atoms with E-state index in [1.807, 2.05) is 25.2 Å². The second-order valence-electron chi connectivity index (χ2n) is 3.98. The minimum absolute atomic E-state index is 0.618. The highest BCUT2D eigenvalue weighted by atomic mass is 16.5. The first kappa shape index (κ1) is 12.5. The van der Waals surface area contributed by atoms with E-state index >= 15 is 0 Å². The van der Waals surface area contributed by atoms with Gasteiger partial charge in [0.2, 0.25) is 5.88 Å². The summed E-state index contributed by atoms with van der Waals surface area (Å²) >= 11 is 0. The average molecular weight is 243 g/mol. The summed E-state index contributed by atoms with van der Waals surface area (Å²) in [6.07, 6.45) is 4.29. The summed E-state index contributed by atoms with van der Waals surface area (Å²) in [5.74, 6) is 1.32. The molecule has 0 fully saturated rings. The first-order chi connectivity index (χ1) is 8.81. The lowest BCUT2D eigenvalue weighted by Gasteiger charge is -2.08. The van der Waals surface area contributed by atoms with Crippen molar-refractivity contribution in [2.45, 2.75) is 19.9 Å². The zero-order valence-electron chi connectivity index (χ0n) is 10.7. The van der Waals surface area contributed by atoms with Gasteiger partial charge in [0.1, 0.15) is 5.75 Å². The molecule has 4 nitrogen and oxygen atoms in total. The van der Waals surface area contributed by atoms with Crippen molar-refractivity contribution < 1.29 is 4.74 Å². The van der Waals surface area contributed by atoms with Crippen LogP contribution in [0, 0.1) is 0 Å². The van der Waals surface area contributed by atoms with Gasteiger partial charge >= 0.3 is 0 Å².